The van der Waals surface area contributed by atoms with E-state index in [1.165, 1.54) is 0 Å². The number of piperidine rings is 1. The lowest BCUT2D eigenvalue weighted by Gasteiger charge is -2.43. The van der Waals surface area contributed by atoms with Gasteiger partial charge in [-0.1, -0.05) is 12.1 Å². The highest BCUT2D eigenvalue weighted by Crippen LogP contribution is 2.40. The summed E-state index contributed by atoms with van der Waals surface area (Å²) in [6.45, 7) is 5.03. The van der Waals surface area contributed by atoms with Crippen LogP contribution in [0.15, 0.2) is 18.2 Å². The number of carbonyl (C=O) groups is 3. The van der Waals surface area contributed by atoms with Gasteiger partial charge in [0, 0.05) is 69.2 Å². The largest absolute Gasteiger partial charge is 0.396 e. The van der Waals surface area contributed by atoms with Gasteiger partial charge in [0.2, 0.25) is 11.8 Å². The van der Waals surface area contributed by atoms with Crippen molar-refractivity contribution in [3.8, 4) is 0 Å². The molecule has 4 heterocycles. The van der Waals surface area contributed by atoms with E-state index in [-0.39, 0.29) is 42.1 Å². The average Bonchev–Trinajstić information content (AvgIpc) is 3.21. The van der Waals surface area contributed by atoms with Crippen LogP contribution in [0.25, 0.3) is 0 Å². The molecular formula is C21H26N4O4. The summed E-state index contributed by atoms with van der Waals surface area (Å²) < 4.78 is 0. The van der Waals surface area contributed by atoms with Crippen molar-refractivity contribution in [3.63, 3.8) is 0 Å². The zero-order valence-electron chi connectivity index (χ0n) is 16.3. The highest BCUT2D eigenvalue weighted by molar-refractivity contribution is 6.05. The first-order valence-electron chi connectivity index (χ1n) is 10.3. The van der Waals surface area contributed by atoms with Crippen LogP contribution in [0.2, 0.25) is 0 Å². The molecule has 4 aliphatic heterocycles. The van der Waals surface area contributed by atoms with Gasteiger partial charge in [0.25, 0.3) is 5.91 Å². The number of imide groups is 1. The lowest BCUT2D eigenvalue weighted by Crippen LogP contribution is -2.58. The number of carbonyl (C=O) groups excluding carboxylic acids is 3. The van der Waals surface area contributed by atoms with E-state index in [4.69, 9.17) is 0 Å². The number of nitrogens with zero attached hydrogens (tertiary/aromatic N) is 2. The monoisotopic (exact) mass is 398 g/mol. The molecule has 154 valence electrons. The van der Waals surface area contributed by atoms with E-state index < -0.39 is 6.04 Å². The molecule has 3 saturated heterocycles. The van der Waals surface area contributed by atoms with E-state index in [1.807, 2.05) is 12.1 Å². The Balaban J connectivity index is 1.35. The lowest BCUT2D eigenvalue weighted by atomic mass is 9.73. The predicted octanol–water partition coefficient (Wildman–Crippen LogP) is -0.539. The third-order valence-electron chi connectivity index (χ3n) is 7.13. The molecule has 4 aliphatic rings. The van der Waals surface area contributed by atoms with Crippen LogP contribution in [-0.2, 0) is 22.7 Å². The first kappa shape index (κ1) is 18.7. The molecule has 2 unspecified atom stereocenters. The molecule has 8 heteroatoms. The molecule has 1 spiro atoms. The van der Waals surface area contributed by atoms with E-state index in [2.05, 4.69) is 21.6 Å². The quantitative estimate of drug-likeness (QED) is 0.589. The van der Waals surface area contributed by atoms with Crippen molar-refractivity contribution in [1.82, 2.24) is 20.4 Å². The van der Waals surface area contributed by atoms with Crippen LogP contribution >= 0.6 is 0 Å². The second-order valence-corrected chi connectivity index (χ2v) is 8.86. The van der Waals surface area contributed by atoms with Gasteiger partial charge < -0.3 is 15.3 Å². The van der Waals surface area contributed by atoms with Gasteiger partial charge in [-0.2, -0.15) is 0 Å². The van der Waals surface area contributed by atoms with Gasteiger partial charge in [-0.05, 0) is 23.6 Å². The smallest absolute Gasteiger partial charge is 0.255 e. The highest BCUT2D eigenvalue weighted by atomic mass is 16.3. The molecule has 0 saturated carbocycles. The summed E-state index contributed by atoms with van der Waals surface area (Å²) in [5.41, 5.74) is 2.91. The van der Waals surface area contributed by atoms with Gasteiger partial charge in [-0.3, -0.25) is 24.6 Å². The number of aliphatic hydroxyl groups excluding tert-OH is 1. The van der Waals surface area contributed by atoms with Crippen LogP contribution in [0.1, 0.15) is 34.3 Å². The zero-order valence-corrected chi connectivity index (χ0v) is 16.3. The van der Waals surface area contributed by atoms with Crippen molar-refractivity contribution in [2.24, 2.45) is 11.3 Å². The lowest BCUT2D eigenvalue weighted by molar-refractivity contribution is -0.136. The Morgan fingerprint density at radius 3 is 2.69 bits per heavy atom. The van der Waals surface area contributed by atoms with Gasteiger partial charge in [0.1, 0.15) is 6.04 Å². The number of hydrogen-bond acceptors (Lipinski definition) is 6. The van der Waals surface area contributed by atoms with Crippen LogP contribution in [0, 0.1) is 11.3 Å². The zero-order chi connectivity index (χ0) is 20.2. The van der Waals surface area contributed by atoms with Crippen LogP contribution in [0.5, 0.6) is 0 Å². The van der Waals surface area contributed by atoms with E-state index in [0.717, 1.165) is 43.9 Å². The molecule has 1 aromatic rings. The Morgan fingerprint density at radius 1 is 1.21 bits per heavy atom. The van der Waals surface area contributed by atoms with Gasteiger partial charge in [0.05, 0.1) is 0 Å². The number of benzene rings is 1. The van der Waals surface area contributed by atoms with Crippen LogP contribution in [-0.4, -0.2) is 71.5 Å². The molecule has 2 atom stereocenters. The fourth-order valence-electron chi connectivity index (χ4n) is 5.40. The van der Waals surface area contributed by atoms with Crippen molar-refractivity contribution in [2.75, 3.05) is 32.8 Å². The van der Waals surface area contributed by atoms with Crippen molar-refractivity contribution in [1.29, 1.82) is 0 Å². The molecule has 5 rings (SSSR count). The molecule has 0 radical (unpaired) electrons. The predicted molar refractivity (Wildman–Crippen MR) is 104 cm³/mol. The van der Waals surface area contributed by atoms with Crippen LogP contribution < -0.4 is 10.6 Å². The number of aliphatic hydroxyl groups is 1. The molecule has 0 bridgehead atoms. The Kier molecular flexibility index (Phi) is 4.45. The van der Waals surface area contributed by atoms with Gasteiger partial charge in [-0.15, -0.1) is 0 Å². The van der Waals surface area contributed by atoms with Crippen molar-refractivity contribution in [2.45, 2.75) is 32.0 Å². The fourth-order valence-corrected chi connectivity index (χ4v) is 5.40. The molecular weight excluding hydrogens is 372 g/mol. The Morgan fingerprint density at radius 2 is 2.03 bits per heavy atom. The normalized spacial score (nSPS) is 28.6. The maximum atomic E-state index is 13.0. The number of fused-ring (bicyclic) bond motifs is 1. The highest BCUT2D eigenvalue weighted by Gasteiger charge is 2.50. The van der Waals surface area contributed by atoms with Gasteiger partial charge in [-0.25, -0.2) is 0 Å². The van der Waals surface area contributed by atoms with Crippen LogP contribution in [0.3, 0.4) is 0 Å². The SMILES string of the molecule is O=C1CCC(N2Cc3c(CN4CC(CO)C5(CNC5)C4)cccc3C2=O)C(=O)N1. The summed E-state index contributed by atoms with van der Waals surface area (Å²) >= 11 is 0. The minimum atomic E-state index is -0.588. The summed E-state index contributed by atoms with van der Waals surface area (Å²) in [6.07, 6.45) is 0.634. The Hall–Kier alpha value is -2.29. The number of likely N-dealkylation sites (tertiary alicyclic amines) is 1. The van der Waals surface area contributed by atoms with E-state index in [1.54, 1.807) is 4.90 Å². The fraction of sp³-hybridized carbons (Fsp3) is 0.571. The topological polar surface area (TPSA) is 102 Å². The first-order valence-corrected chi connectivity index (χ1v) is 10.3. The van der Waals surface area contributed by atoms with Crippen LogP contribution in [0.4, 0.5) is 0 Å². The second-order valence-electron chi connectivity index (χ2n) is 8.86. The van der Waals surface area contributed by atoms with E-state index >= 15 is 0 Å². The number of amides is 3. The minimum absolute atomic E-state index is 0.134. The first-order chi connectivity index (χ1) is 14.0. The van der Waals surface area contributed by atoms with Crippen molar-refractivity contribution >= 4 is 17.7 Å². The minimum Gasteiger partial charge on any atom is -0.396 e. The molecule has 8 nitrogen and oxygen atoms in total. The van der Waals surface area contributed by atoms with E-state index in [0.29, 0.717) is 18.5 Å². The third kappa shape index (κ3) is 2.97. The summed E-state index contributed by atoms with van der Waals surface area (Å²) in [6, 6.07) is 5.19. The average molecular weight is 398 g/mol. The third-order valence-corrected chi connectivity index (χ3v) is 7.13. The summed E-state index contributed by atoms with van der Waals surface area (Å²) in [5.74, 6) is -0.510. The van der Waals surface area contributed by atoms with Gasteiger partial charge in [0.15, 0.2) is 0 Å². The molecule has 29 heavy (non-hydrogen) atoms. The number of rotatable bonds is 4. The standard InChI is InChI=1S/C21H26N4O4/c26-9-14-7-24(12-21(14)10-22-11-21)6-13-2-1-3-15-16(13)8-25(20(15)29)17-4-5-18(27)23-19(17)28/h1-3,14,17,22,26H,4-12H2,(H,23,27,28). The molecule has 0 aliphatic carbocycles. The maximum absolute atomic E-state index is 13.0. The molecule has 0 aromatic heterocycles. The van der Waals surface area contributed by atoms with Crippen molar-refractivity contribution < 1.29 is 19.5 Å². The Bertz CT molecular complexity index is 881. The number of nitrogens with one attached hydrogen (secondary N) is 2. The summed E-state index contributed by atoms with van der Waals surface area (Å²) in [5, 5.41) is 15.5. The molecule has 3 fully saturated rings. The Labute approximate surface area is 169 Å². The maximum Gasteiger partial charge on any atom is 0.255 e. The second kappa shape index (κ2) is 6.90. The van der Waals surface area contributed by atoms with E-state index in [9.17, 15) is 19.5 Å². The summed E-state index contributed by atoms with van der Waals surface area (Å²) in [7, 11) is 0. The van der Waals surface area contributed by atoms with Gasteiger partial charge >= 0.3 is 0 Å². The number of hydrogen-bond donors (Lipinski definition) is 3. The summed E-state index contributed by atoms with van der Waals surface area (Å²) in [4.78, 5) is 40.7. The molecule has 1 aromatic carbocycles. The van der Waals surface area contributed by atoms with Crippen molar-refractivity contribution in [3.05, 3.63) is 34.9 Å². The molecule has 3 N–H and O–H groups in total. The molecule has 3 amide bonds.